The van der Waals surface area contributed by atoms with Gasteiger partial charge in [-0.05, 0) is 22.0 Å². The van der Waals surface area contributed by atoms with Crippen molar-refractivity contribution in [2.45, 2.75) is 6.54 Å². The van der Waals surface area contributed by atoms with Gasteiger partial charge < -0.3 is 14.8 Å². The highest BCUT2D eigenvalue weighted by Gasteiger charge is 1.96. The van der Waals surface area contributed by atoms with Crippen molar-refractivity contribution >= 4 is 27.3 Å². The maximum atomic E-state index is 5.32. The maximum Gasteiger partial charge on any atom is 0.0700 e. The van der Waals surface area contributed by atoms with Crippen LogP contribution in [0, 0.1) is 0 Å². The molecule has 1 rings (SSSR count). The molecule has 0 amide bonds. The molecule has 3 nitrogen and oxygen atoms in total. The van der Waals surface area contributed by atoms with Crippen LogP contribution in [0.4, 0.5) is 0 Å². The summed E-state index contributed by atoms with van der Waals surface area (Å²) in [5, 5.41) is 5.41. The van der Waals surface area contributed by atoms with Gasteiger partial charge in [-0.15, -0.1) is 11.3 Å². The van der Waals surface area contributed by atoms with E-state index in [0.29, 0.717) is 13.2 Å². The molecule has 1 N–H and O–H groups in total. The summed E-state index contributed by atoms with van der Waals surface area (Å²) in [7, 11) is 1.68. The largest absolute Gasteiger partial charge is 0.382 e. The number of methoxy groups -OCH3 is 1. The second-order valence-electron chi connectivity index (χ2n) is 3.01. The van der Waals surface area contributed by atoms with Crippen LogP contribution in [0.1, 0.15) is 4.88 Å². The molecule has 0 aliphatic rings. The molecule has 0 saturated carbocycles. The molecular weight excluding hydrogens is 278 g/mol. The van der Waals surface area contributed by atoms with Gasteiger partial charge >= 0.3 is 0 Å². The van der Waals surface area contributed by atoms with Gasteiger partial charge in [0.15, 0.2) is 0 Å². The van der Waals surface area contributed by atoms with Crippen LogP contribution in [-0.4, -0.2) is 33.5 Å². The normalized spacial score (nSPS) is 10.8. The summed E-state index contributed by atoms with van der Waals surface area (Å²) in [4.78, 5) is 1.33. The van der Waals surface area contributed by atoms with Crippen LogP contribution in [0.3, 0.4) is 0 Å². The maximum absolute atomic E-state index is 5.32. The fourth-order valence-electron chi connectivity index (χ4n) is 1.05. The fourth-order valence-corrected chi connectivity index (χ4v) is 2.47. The van der Waals surface area contributed by atoms with E-state index in [4.69, 9.17) is 9.47 Å². The Morgan fingerprint density at radius 1 is 1.40 bits per heavy atom. The molecule has 0 atom stereocenters. The highest BCUT2D eigenvalue weighted by molar-refractivity contribution is 9.10. The van der Waals surface area contributed by atoms with Crippen LogP contribution in [0.25, 0.3) is 0 Å². The van der Waals surface area contributed by atoms with Crippen LogP contribution >= 0.6 is 27.3 Å². The number of nitrogens with one attached hydrogen (secondary N) is 1. The van der Waals surface area contributed by atoms with Crippen LogP contribution in [0.5, 0.6) is 0 Å². The lowest BCUT2D eigenvalue weighted by Gasteiger charge is -2.04. The Labute approximate surface area is 103 Å². The second-order valence-corrected chi connectivity index (χ2v) is 4.92. The number of hydrogen-bond donors (Lipinski definition) is 1. The first kappa shape index (κ1) is 13.1. The predicted octanol–water partition coefficient (Wildman–Crippen LogP) is 2.26. The van der Waals surface area contributed by atoms with Crippen LogP contribution < -0.4 is 5.32 Å². The smallest absolute Gasteiger partial charge is 0.0700 e. The molecule has 0 unspecified atom stereocenters. The van der Waals surface area contributed by atoms with Gasteiger partial charge in [0, 0.05) is 34.9 Å². The number of thiophene rings is 1. The van der Waals surface area contributed by atoms with E-state index in [0.717, 1.165) is 24.2 Å². The zero-order chi connectivity index (χ0) is 10.9. The molecule has 1 aromatic rings. The van der Waals surface area contributed by atoms with Gasteiger partial charge in [-0.3, -0.25) is 0 Å². The average Bonchev–Trinajstić information content (AvgIpc) is 2.63. The van der Waals surface area contributed by atoms with E-state index >= 15 is 0 Å². The minimum Gasteiger partial charge on any atom is -0.382 e. The molecule has 0 aromatic carbocycles. The van der Waals surface area contributed by atoms with Crippen molar-refractivity contribution in [1.29, 1.82) is 0 Å². The second kappa shape index (κ2) is 8.24. The van der Waals surface area contributed by atoms with E-state index in [1.807, 2.05) is 0 Å². The highest BCUT2D eigenvalue weighted by atomic mass is 79.9. The summed E-state index contributed by atoms with van der Waals surface area (Å²) in [6, 6.07) is 2.13. The number of hydrogen-bond acceptors (Lipinski definition) is 4. The van der Waals surface area contributed by atoms with Crippen molar-refractivity contribution in [3.05, 3.63) is 20.8 Å². The monoisotopic (exact) mass is 293 g/mol. The van der Waals surface area contributed by atoms with E-state index in [-0.39, 0.29) is 0 Å². The summed E-state index contributed by atoms with van der Waals surface area (Å²) in [6.45, 7) is 3.85. The Morgan fingerprint density at radius 2 is 2.27 bits per heavy atom. The standard InChI is InChI=1S/C10H16BrNO2S/c1-13-4-5-14-3-2-12-7-10-6-9(11)8-15-10/h6,8,12H,2-5,7H2,1H3. The zero-order valence-electron chi connectivity index (χ0n) is 8.79. The molecule has 15 heavy (non-hydrogen) atoms. The Morgan fingerprint density at radius 3 is 2.93 bits per heavy atom. The molecular formula is C10H16BrNO2S. The third kappa shape index (κ3) is 6.27. The molecule has 5 heteroatoms. The quantitative estimate of drug-likeness (QED) is 0.746. The molecule has 1 aromatic heterocycles. The molecule has 0 aliphatic heterocycles. The predicted molar refractivity (Wildman–Crippen MR) is 66.4 cm³/mol. The summed E-state index contributed by atoms with van der Waals surface area (Å²) in [5.41, 5.74) is 0. The Kier molecular flexibility index (Phi) is 7.21. The molecule has 86 valence electrons. The number of ether oxygens (including phenoxy) is 2. The summed E-state index contributed by atoms with van der Waals surface area (Å²) in [5.74, 6) is 0. The lowest BCUT2D eigenvalue weighted by Crippen LogP contribution is -2.19. The van der Waals surface area contributed by atoms with Crippen molar-refractivity contribution in [3.8, 4) is 0 Å². The minimum absolute atomic E-state index is 0.665. The first-order valence-corrected chi connectivity index (χ1v) is 6.50. The van der Waals surface area contributed by atoms with E-state index in [2.05, 4.69) is 32.7 Å². The van der Waals surface area contributed by atoms with Gasteiger partial charge in [-0.25, -0.2) is 0 Å². The molecule has 0 radical (unpaired) electrons. The van der Waals surface area contributed by atoms with Crippen molar-refractivity contribution in [2.24, 2.45) is 0 Å². The SMILES string of the molecule is COCCOCCNCc1cc(Br)cs1. The van der Waals surface area contributed by atoms with E-state index < -0.39 is 0 Å². The van der Waals surface area contributed by atoms with Gasteiger partial charge in [0.05, 0.1) is 19.8 Å². The Bertz CT molecular complexity index is 268. The van der Waals surface area contributed by atoms with Crippen LogP contribution in [0.15, 0.2) is 15.9 Å². The summed E-state index contributed by atoms with van der Waals surface area (Å²) in [6.07, 6.45) is 0. The fraction of sp³-hybridized carbons (Fsp3) is 0.600. The van der Waals surface area contributed by atoms with Gasteiger partial charge in [0.1, 0.15) is 0 Å². The lowest BCUT2D eigenvalue weighted by atomic mass is 10.4. The molecule has 0 fully saturated rings. The molecule has 0 spiro atoms. The van der Waals surface area contributed by atoms with Crippen LogP contribution in [-0.2, 0) is 16.0 Å². The third-order valence-corrected chi connectivity index (χ3v) is 3.47. The summed E-state index contributed by atoms with van der Waals surface area (Å²) < 4.78 is 11.3. The van der Waals surface area contributed by atoms with Crippen molar-refractivity contribution < 1.29 is 9.47 Å². The van der Waals surface area contributed by atoms with Crippen molar-refractivity contribution in [1.82, 2.24) is 5.32 Å². The minimum atomic E-state index is 0.665. The topological polar surface area (TPSA) is 30.5 Å². The van der Waals surface area contributed by atoms with E-state index in [9.17, 15) is 0 Å². The van der Waals surface area contributed by atoms with Gasteiger partial charge in [-0.2, -0.15) is 0 Å². The van der Waals surface area contributed by atoms with Crippen molar-refractivity contribution in [2.75, 3.05) is 33.5 Å². The van der Waals surface area contributed by atoms with Crippen LogP contribution in [0.2, 0.25) is 0 Å². The summed E-state index contributed by atoms with van der Waals surface area (Å²) >= 11 is 5.18. The first-order chi connectivity index (χ1) is 7.33. The molecule has 1 heterocycles. The van der Waals surface area contributed by atoms with Crippen molar-refractivity contribution in [3.63, 3.8) is 0 Å². The Balaban J connectivity index is 1.93. The van der Waals surface area contributed by atoms with E-state index in [1.54, 1.807) is 18.4 Å². The third-order valence-electron chi connectivity index (χ3n) is 1.78. The molecule has 0 aliphatic carbocycles. The zero-order valence-corrected chi connectivity index (χ0v) is 11.2. The molecule has 0 saturated heterocycles. The van der Waals surface area contributed by atoms with Gasteiger partial charge in [0.25, 0.3) is 0 Å². The number of halogens is 1. The van der Waals surface area contributed by atoms with Gasteiger partial charge in [-0.1, -0.05) is 0 Å². The average molecular weight is 294 g/mol. The lowest BCUT2D eigenvalue weighted by molar-refractivity contribution is 0.0719. The van der Waals surface area contributed by atoms with E-state index in [1.165, 1.54) is 4.88 Å². The highest BCUT2D eigenvalue weighted by Crippen LogP contribution is 2.19. The van der Waals surface area contributed by atoms with Gasteiger partial charge in [0.2, 0.25) is 0 Å². The molecule has 0 bridgehead atoms. The number of rotatable bonds is 8. The first-order valence-electron chi connectivity index (χ1n) is 4.83. The Hall–Kier alpha value is 0.0600.